The Labute approximate surface area is 177 Å². The van der Waals surface area contributed by atoms with E-state index in [1.54, 1.807) is 36.9 Å². The molecule has 0 saturated carbocycles. The summed E-state index contributed by atoms with van der Waals surface area (Å²) < 4.78 is 0. The topological polar surface area (TPSA) is 77.8 Å². The predicted molar refractivity (Wildman–Crippen MR) is 117 cm³/mol. The molecule has 29 heavy (non-hydrogen) atoms. The van der Waals surface area contributed by atoms with Gasteiger partial charge in [-0.25, -0.2) is 0 Å². The Hall–Kier alpha value is -2.14. The number of aromatic hydroxyl groups is 2. The van der Waals surface area contributed by atoms with Crippen molar-refractivity contribution in [2.75, 3.05) is 5.75 Å². The summed E-state index contributed by atoms with van der Waals surface area (Å²) in [7, 11) is 0. The maximum absolute atomic E-state index is 11.0. The second-order valence-corrected chi connectivity index (χ2v) is 9.42. The van der Waals surface area contributed by atoms with Crippen LogP contribution in [0.4, 0.5) is 0 Å². The zero-order valence-electron chi connectivity index (χ0n) is 17.1. The molecule has 0 saturated heterocycles. The summed E-state index contributed by atoms with van der Waals surface area (Å²) in [5, 5.41) is 28.7. The first kappa shape index (κ1) is 21.6. The van der Waals surface area contributed by atoms with Crippen LogP contribution in [0.25, 0.3) is 0 Å². The van der Waals surface area contributed by atoms with E-state index in [1.807, 2.05) is 24.3 Å². The zero-order valence-corrected chi connectivity index (χ0v) is 17.9. The summed E-state index contributed by atoms with van der Waals surface area (Å²) in [6.45, 7) is 4.06. The minimum atomic E-state index is -0.719. The summed E-state index contributed by atoms with van der Waals surface area (Å²) in [4.78, 5) is 12.1. The number of hydrogen-bond acceptors (Lipinski definition) is 4. The van der Waals surface area contributed by atoms with Gasteiger partial charge in [0.25, 0.3) is 0 Å². The maximum atomic E-state index is 11.0. The van der Waals surface area contributed by atoms with Gasteiger partial charge in [0.2, 0.25) is 0 Å². The monoisotopic (exact) mass is 414 g/mol. The van der Waals surface area contributed by atoms with E-state index in [0.717, 1.165) is 42.8 Å². The Morgan fingerprint density at radius 3 is 2.48 bits per heavy atom. The van der Waals surface area contributed by atoms with Crippen LogP contribution in [0.3, 0.4) is 0 Å². The van der Waals surface area contributed by atoms with E-state index in [0.29, 0.717) is 11.7 Å². The first-order valence-corrected chi connectivity index (χ1v) is 11.3. The highest BCUT2D eigenvalue weighted by molar-refractivity contribution is 7.99. The molecule has 1 aliphatic rings. The number of thioether (sulfide) groups is 1. The van der Waals surface area contributed by atoms with Gasteiger partial charge in [0.1, 0.15) is 11.5 Å². The number of carboxylic acids is 1. The van der Waals surface area contributed by atoms with Gasteiger partial charge in [0.05, 0.1) is 5.92 Å². The number of phenolic OH excluding ortho intramolecular Hbond substituents is 2. The Kier molecular flexibility index (Phi) is 6.78. The van der Waals surface area contributed by atoms with Crippen LogP contribution in [-0.4, -0.2) is 27.0 Å². The van der Waals surface area contributed by atoms with Gasteiger partial charge in [-0.2, -0.15) is 0 Å². The fourth-order valence-electron chi connectivity index (χ4n) is 4.31. The van der Waals surface area contributed by atoms with Crippen LogP contribution in [0.15, 0.2) is 47.4 Å². The SMILES string of the molecule is CC(CCCCCC1c2ccc(O)cc2SCC1(C)c1ccc(O)cc1)C(=O)O. The third-order valence-corrected chi connectivity index (χ3v) is 7.66. The molecule has 0 fully saturated rings. The number of fused-ring (bicyclic) bond motifs is 1. The predicted octanol–water partition coefficient (Wildman–Crippen LogP) is 5.92. The van der Waals surface area contributed by atoms with Crippen molar-refractivity contribution in [3.05, 3.63) is 53.6 Å². The average molecular weight is 415 g/mol. The van der Waals surface area contributed by atoms with Crippen molar-refractivity contribution in [3.8, 4) is 11.5 Å². The van der Waals surface area contributed by atoms with Crippen molar-refractivity contribution >= 4 is 17.7 Å². The molecular weight excluding hydrogens is 384 g/mol. The number of hydrogen-bond donors (Lipinski definition) is 3. The third-order valence-electron chi connectivity index (χ3n) is 6.25. The molecule has 2 aromatic carbocycles. The number of rotatable bonds is 8. The van der Waals surface area contributed by atoms with E-state index in [4.69, 9.17) is 5.11 Å². The molecule has 3 N–H and O–H groups in total. The van der Waals surface area contributed by atoms with Crippen molar-refractivity contribution in [3.63, 3.8) is 0 Å². The van der Waals surface area contributed by atoms with Crippen molar-refractivity contribution < 1.29 is 20.1 Å². The molecule has 0 spiro atoms. The molecule has 0 amide bonds. The van der Waals surface area contributed by atoms with Gasteiger partial charge < -0.3 is 15.3 Å². The largest absolute Gasteiger partial charge is 0.508 e. The minimum absolute atomic E-state index is 0.0727. The Balaban J connectivity index is 1.78. The van der Waals surface area contributed by atoms with Gasteiger partial charge >= 0.3 is 5.97 Å². The van der Waals surface area contributed by atoms with Gasteiger partial charge in [-0.05, 0) is 54.2 Å². The second-order valence-electron chi connectivity index (χ2n) is 8.41. The van der Waals surface area contributed by atoms with Crippen LogP contribution in [0.2, 0.25) is 0 Å². The number of carboxylic acid groups (broad SMARTS) is 1. The van der Waals surface area contributed by atoms with E-state index in [9.17, 15) is 15.0 Å². The standard InChI is InChI=1S/C24H30O4S/c1-16(23(27)28)6-4-3-5-7-21-20-13-12-19(26)14-22(20)29-15-24(21,2)17-8-10-18(25)11-9-17/h8-14,16,21,25-26H,3-7,15H2,1-2H3,(H,27,28). The van der Waals surface area contributed by atoms with Crippen LogP contribution in [0.5, 0.6) is 11.5 Å². The quantitative estimate of drug-likeness (QED) is 0.468. The highest BCUT2D eigenvalue weighted by Gasteiger charge is 2.41. The average Bonchev–Trinajstić information content (AvgIpc) is 2.69. The summed E-state index contributed by atoms with van der Waals surface area (Å²) in [5.41, 5.74) is 2.41. The number of benzene rings is 2. The lowest BCUT2D eigenvalue weighted by Gasteiger charge is -2.43. The van der Waals surface area contributed by atoms with E-state index in [1.165, 1.54) is 11.1 Å². The normalized spacial score (nSPS) is 22.1. The van der Waals surface area contributed by atoms with Crippen molar-refractivity contribution in [1.82, 2.24) is 0 Å². The van der Waals surface area contributed by atoms with E-state index >= 15 is 0 Å². The fraction of sp³-hybridized carbons (Fsp3) is 0.458. The Bertz CT molecular complexity index is 848. The van der Waals surface area contributed by atoms with Gasteiger partial charge in [0, 0.05) is 16.1 Å². The lowest BCUT2D eigenvalue weighted by Crippen LogP contribution is -2.36. The molecule has 0 aromatic heterocycles. The van der Waals surface area contributed by atoms with Crippen molar-refractivity contribution in [2.24, 2.45) is 5.92 Å². The highest BCUT2D eigenvalue weighted by atomic mass is 32.2. The molecule has 5 heteroatoms. The molecule has 3 rings (SSSR count). The van der Waals surface area contributed by atoms with Crippen LogP contribution >= 0.6 is 11.8 Å². The lowest BCUT2D eigenvalue weighted by molar-refractivity contribution is -0.141. The van der Waals surface area contributed by atoms with Gasteiger partial charge in [-0.3, -0.25) is 4.79 Å². The molecule has 3 atom stereocenters. The summed E-state index contributed by atoms with van der Waals surface area (Å²) in [6, 6.07) is 13.2. The first-order valence-electron chi connectivity index (χ1n) is 10.3. The molecule has 0 radical (unpaired) electrons. The number of unbranched alkanes of at least 4 members (excludes halogenated alkanes) is 2. The van der Waals surface area contributed by atoms with Crippen molar-refractivity contribution in [1.29, 1.82) is 0 Å². The lowest BCUT2D eigenvalue weighted by atomic mass is 9.68. The molecule has 156 valence electrons. The van der Waals surface area contributed by atoms with Crippen LogP contribution < -0.4 is 0 Å². The van der Waals surface area contributed by atoms with Crippen LogP contribution in [0, 0.1) is 5.92 Å². The summed E-state index contributed by atoms with van der Waals surface area (Å²) in [6.07, 6.45) is 4.70. The molecule has 4 nitrogen and oxygen atoms in total. The molecule has 0 aliphatic carbocycles. The Morgan fingerprint density at radius 1 is 1.10 bits per heavy atom. The maximum Gasteiger partial charge on any atom is 0.306 e. The molecule has 1 aliphatic heterocycles. The van der Waals surface area contributed by atoms with Crippen LogP contribution in [0.1, 0.15) is 63.0 Å². The smallest absolute Gasteiger partial charge is 0.306 e. The van der Waals surface area contributed by atoms with E-state index in [-0.39, 0.29) is 17.1 Å². The molecule has 3 unspecified atom stereocenters. The summed E-state index contributed by atoms with van der Waals surface area (Å²) in [5.74, 6) is 0.784. The van der Waals surface area contributed by atoms with Gasteiger partial charge in [0.15, 0.2) is 0 Å². The third kappa shape index (κ3) is 4.89. The van der Waals surface area contributed by atoms with Gasteiger partial charge in [-0.1, -0.05) is 51.3 Å². The summed E-state index contributed by atoms with van der Waals surface area (Å²) >= 11 is 1.78. The number of phenols is 2. The second kappa shape index (κ2) is 9.12. The number of aliphatic carboxylic acids is 1. The molecule has 2 aromatic rings. The molecular formula is C24H30O4S. The highest BCUT2D eigenvalue weighted by Crippen LogP contribution is 2.52. The Morgan fingerprint density at radius 2 is 1.79 bits per heavy atom. The van der Waals surface area contributed by atoms with Gasteiger partial charge in [-0.15, -0.1) is 11.8 Å². The van der Waals surface area contributed by atoms with E-state index < -0.39 is 5.97 Å². The molecule has 0 bridgehead atoms. The first-order chi connectivity index (χ1) is 13.8. The minimum Gasteiger partial charge on any atom is -0.508 e. The number of carbonyl (C=O) groups is 1. The van der Waals surface area contributed by atoms with Crippen molar-refractivity contribution in [2.45, 2.75) is 62.2 Å². The zero-order chi connectivity index (χ0) is 21.0. The van der Waals surface area contributed by atoms with E-state index in [2.05, 4.69) is 6.92 Å². The molecule has 1 heterocycles. The fourth-order valence-corrected chi connectivity index (χ4v) is 5.71. The van der Waals surface area contributed by atoms with Crippen LogP contribution in [-0.2, 0) is 10.2 Å².